The lowest BCUT2D eigenvalue weighted by Gasteiger charge is -2.56. The number of hydrogen-bond donors (Lipinski definition) is 0. The third-order valence-corrected chi connectivity index (χ3v) is 6.43. The molecule has 0 amide bonds. The first-order valence-electron chi connectivity index (χ1n) is 8.36. The highest BCUT2D eigenvalue weighted by Crippen LogP contribution is 2.58. The van der Waals surface area contributed by atoms with Crippen molar-refractivity contribution >= 4 is 12.8 Å². The van der Waals surface area contributed by atoms with Gasteiger partial charge in [0.2, 0.25) is 0 Å². The minimum atomic E-state index is -0.356. The molecule has 2 aliphatic carbocycles. The van der Waals surface area contributed by atoms with Crippen LogP contribution in [0.4, 0.5) is 0 Å². The zero-order valence-corrected chi connectivity index (χ0v) is 14.0. The molecule has 0 aliphatic heterocycles. The van der Waals surface area contributed by atoms with E-state index in [-0.39, 0.29) is 11.0 Å². The zero-order valence-electron chi connectivity index (χ0n) is 14.0. The van der Waals surface area contributed by atoms with E-state index in [0.717, 1.165) is 38.4 Å². The second-order valence-electron chi connectivity index (χ2n) is 7.20. The normalized spacial score (nSPS) is 43.2. The number of carbonyl (C=O) groups is 2. The average molecular weight is 304 g/mol. The van der Waals surface area contributed by atoms with E-state index in [0.29, 0.717) is 24.2 Å². The first kappa shape index (κ1) is 17.0. The Kier molecular flexibility index (Phi) is 4.93. The largest absolute Gasteiger partial charge is 0.461 e. The molecule has 2 aliphatic rings. The van der Waals surface area contributed by atoms with E-state index >= 15 is 0 Å². The SMILES string of the molecule is C=C[C@@]1(C)/C(=C\C=O)CC[C@@H]2[C@@H]1CC[C@](C)(OC=O)[C@H]2CC. The quantitative estimate of drug-likeness (QED) is 0.436. The van der Waals surface area contributed by atoms with E-state index in [2.05, 4.69) is 27.4 Å². The van der Waals surface area contributed by atoms with Gasteiger partial charge in [0.25, 0.3) is 6.47 Å². The number of hydrogen-bond acceptors (Lipinski definition) is 3. The molecule has 0 aromatic heterocycles. The standard InChI is InChI=1S/C19H28O3/c1-5-16-15-8-7-14(10-12-20)18(3,6-2)17(15)9-11-19(16,4)22-13-21/h6,10,12-13,15-17H,2,5,7-9,11H2,1,3-4H3/b14-10-/t15-,16-,17-,18-,19-/m0/s1. The number of carbonyl (C=O) groups excluding carboxylic acids is 2. The summed E-state index contributed by atoms with van der Waals surface area (Å²) in [7, 11) is 0. The van der Waals surface area contributed by atoms with Gasteiger partial charge in [0, 0.05) is 11.3 Å². The lowest BCUT2D eigenvalue weighted by Crippen LogP contribution is -2.53. The molecule has 0 radical (unpaired) electrons. The van der Waals surface area contributed by atoms with Gasteiger partial charge in [-0.25, -0.2) is 0 Å². The average Bonchev–Trinajstić information content (AvgIpc) is 2.50. The number of allylic oxidation sites excluding steroid dienone is 3. The van der Waals surface area contributed by atoms with Crippen LogP contribution in [0, 0.1) is 23.2 Å². The Bertz CT molecular complexity index is 481. The molecule has 3 nitrogen and oxygen atoms in total. The van der Waals surface area contributed by atoms with Gasteiger partial charge in [0.1, 0.15) is 11.9 Å². The Morgan fingerprint density at radius 2 is 2.05 bits per heavy atom. The minimum absolute atomic E-state index is 0.125. The highest BCUT2D eigenvalue weighted by atomic mass is 16.5. The number of aldehydes is 1. The molecule has 0 aromatic rings. The maximum absolute atomic E-state index is 11.0. The van der Waals surface area contributed by atoms with Gasteiger partial charge in [-0.2, -0.15) is 0 Å². The van der Waals surface area contributed by atoms with E-state index in [1.807, 2.05) is 6.08 Å². The first-order valence-corrected chi connectivity index (χ1v) is 8.36. The summed E-state index contributed by atoms with van der Waals surface area (Å²) in [5, 5.41) is 0. The van der Waals surface area contributed by atoms with Gasteiger partial charge in [0.05, 0.1) is 0 Å². The molecular formula is C19H28O3. The highest BCUT2D eigenvalue weighted by Gasteiger charge is 2.54. The van der Waals surface area contributed by atoms with Crippen LogP contribution >= 0.6 is 0 Å². The van der Waals surface area contributed by atoms with Crippen molar-refractivity contribution in [2.45, 2.75) is 58.5 Å². The Balaban J connectivity index is 2.38. The van der Waals surface area contributed by atoms with Crippen LogP contribution in [0.2, 0.25) is 0 Å². The molecule has 122 valence electrons. The summed E-state index contributed by atoms with van der Waals surface area (Å²) < 4.78 is 5.52. The summed E-state index contributed by atoms with van der Waals surface area (Å²) in [5.41, 5.74) is 0.722. The van der Waals surface area contributed by atoms with Gasteiger partial charge in [-0.3, -0.25) is 9.59 Å². The maximum atomic E-state index is 11.0. The summed E-state index contributed by atoms with van der Waals surface area (Å²) in [5.74, 6) is 1.35. The predicted molar refractivity (Wildman–Crippen MR) is 87.2 cm³/mol. The van der Waals surface area contributed by atoms with E-state index in [1.54, 1.807) is 6.08 Å². The van der Waals surface area contributed by atoms with Gasteiger partial charge < -0.3 is 4.74 Å². The summed E-state index contributed by atoms with van der Waals surface area (Å²) in [6.07, 6.45) is 9.53. The molecule has 2 rings (SSSR count). The van der Waals surface area contributed by atoms with Crippen molar-refractivity contribution < 1.29 is 14.3 Å². The van der Waals surface area contributed by atoms with Gasteiger partial charge in [-0.15, -0.1) is 6.58 Å². The van der Waals surface area contributed by atoms with E-state index in [1.165, 1.54) is 5.57 Å². The molecule has 0 unspecified atom stereocenters. The number of rotatable bonds is 5. The number of ether oxygens (including phenoxy) is 1. The fourth-order valence-electron chi connectivity index (χ4n) is 5.17. The molecule has 0 aromatic carbocycles. The van der Waals surface area contributed by atoms with Gasteiger partial charge in [0.15, 0.2) is 0 Å². The molecule has 5 atom stereocenters. The van der Waals surface area contributed by atoms with Gasteiger partial charge in [-0.05, 0) is 56.9 Å². The molecule has 2 fully saturated rings. The van der Waals surface area contributed by atoms with E-state index in [4.69, 9.17) is 4.74 Å². The fourth-order valence-corrected chi connectivity index (χ4v) is 5.17. The lowest BCUT2D eigenvalue weighted by molar-refractivity contribution is -0.164. The summed E-state index contributed by atoms with van der Waals surface area (Å²) in [6, 6.07) is 0. The predicted octanol–water partition coefficient (Wildman–Crippen LogP) is 4.08. The number of fused-ring (bicyclic) bond motifs is 1. The molecule has 0 N–H and O–H groups in total. The molecule has 2 saturated carbocycles. The van der Waals surface area contributed by atoms with Crippen molar-refractivity contribution in [1.29, 1.82) is 0 Å². The second kappa shape index (κ2) is 6.39. The second-order valence-corrected chi connectivity index (χ2v) is 7.20. The smallest absolute Gasteiger partial charge is 0.293 e. The van der Waals surface area contributed by atoms with Crippen molar-refractivity contribution in [2.75, 3.05) is 0 Å². The Labute approximate surface area is 133 Å². The van der Waals surface area contributed by atoms with Crippen LogP contribution < -0.4 is 0 Å². The van der Waals surface area contributed by atoms with Crippen molar-refractivity contribution in [2.24, 2.45) is 23.2 Å². The van der Waals surface area contributed by atoms with E-state index < -0.39 is 0 Å². The Morgan fingerprint density at radius 1 is 1.32 bits per heavy atom. The summed E-state index contributed by atoms with van der Waals surface area (Å²) in [4.78, 5) is 21.9. The van der Waals surface area contributed by atoms with Crippen molar-refractivity contribution in [3.8, 4) is 0 Å². The summed E-state index contributed by atoms with van der Waals surface area (Å²) in [6.45, 7) is 11.1. The van der Waals surface area contributed by atoms with Crippen LogP contribution in [0.5, 0.6) is 0 Å². The van der Waals surface area contributed by atoms with Crippen molar-refractivity contribution in [3.05, 3.63) is 24.3 Å². The fraction of sp³-hybridized carbons (Fsp3) is 0.684. The molecule has 0 heterocycles. The molecule has 0 spiro atoms. The first-order chi connectivity index (χ1) is 10.5. The molecule has 0 saturated heterocycles. The molecule has 3 heteroatoms. The highest BCUT2D eigenvalue weighted by molar-refractivity contribution is 5.67. The van der Waals surface area contributed by atoms with Crippen LogP contribution in [0.15, 0.2) is 24.3 Å². The van der Waals surface area contributed by atoms with E-state index in [9.17, 15) is 9.59 Å². The van der Waals surface area contributed by atoms with Gasteiger partial charge in [-0.1, -0.05) is 25.5 Å². The minimum Gasteiger partial charge on any atom is -0.461 e. The van der Waals surface area contributed by atoms with Crippen LogP contribution in [0.25, 0.3) is 0 Å². The topological polar surface area (TPSA) is 43.4 Å². The third kappa shape index (κ3) is 2.55. The Hall–Kier alpha value is -1.38. The monoisotopic (exact) mass is 304 g/mol. The molecular weight excluding hydrogens is 276 g/mol. The Morgan fingerprint density at radius 3 is 2.59 bits per heavy atom. The van der Waals surface area contributed by atoms with Crippen LogP contribution in [0.1, 0.15) is 52.9 Å². The lowest BCUT2D eigenvalue weighted by atomic mass is 9.50. The molecule has 22 heavy (non-hydrogen) atoms. The van der Waals surface area contributed by atoms with Gasteiger partial charge >= 0.3 is 0 Å². The zero-order chi connectivity index (χ0) is 16.4. The maximum Gasteiger partial charge on any atom is 0.293 e. The summed E-state index contributed by atoms with van der Waals surface area (Å²) >= 11 is 0. The van der Waals surface area contributed by atoms with Crippen LogP contribution in [-0.2, 0) is 14.3 Å². The van der Waals surface area contributed by atoms with Crippen LogP contribution in [0.3, 0.4) is 0 Å². The van der Waals surface area contributed by atoms with Crippen molar-refractivity contribution in [1.82, 2.24) is 0 Å². The van der Waals surface area contributed by atoms with Crippen molar-refractivity contribution in [3.63, 3.8) is 0 Å². The molecule has 0 bridgehead atoms. The third-order valence-electron chi connectivity index (χ3n) is 6.43. The van der Waals surface area contributed by atoms with Crippen LogP contribution in [-0.4, -0.2) is 18.4 Å².